The number of aromatic nitrogens is 2. The molecule has 0 aliphatic rings. The predicted molar refractivity (Wildman–Crippen MR) is 110 cm³/mol. The Balaban J connectivity index is 1.84. The number of fused-ring (bicyclic) bond motifs is 1. The second-order valence-electron chi connectivity index (χ2n) is 6.24. The molecule has 29 heavy (non-hydrogen) atoms. The van der Waals surface area contributed by atoms with E-state index in [0.717, 1.165) is 12.1 Å². The van der Waals surface area contributed by atoms with Crippen LogP contribution in [0.25, 0.3) is 22.3 Å². The number of anilines is 2. The van der Waals surface area contributed by atoms with Crippen LogP contribution in [0.3, 0.4) is 0 Å². The molecule has 146 valence electrons. The number of para-hydroxylation sites is 1. The Kier molecular flexibility index (Phi) is 5.06. The van der Waals surface area contributed by atoms with Gasteiger partial charge in [0.05, 0.1) is 16.1 Å². The Morgan fingerprint density at radius 1 is 0.828 bits per heavy atom. The molecule has 0 spiro atoms. The van der Waals surface area contributed by atoms with Crippen molar-refractivity contribution in [2.45, 2.75) is 6.18 Å². The highest BCUT2D eigenvalue weighted by molar-refractivity contribution is 6.36. The molecule has 0 radical (unpaired) electrons. The van der Waals surface area contributed by atoms with E-state index in [0.29, 0.717) is 38.2 Å². The molecule has 0 aliphatic carbocycles. The molecule has 0 aliphatic heterocycles. The third-order valence-corrected chi connectivity index (χ3v) is 4.78. The predicted octanol–water partition coefficient (Wildman–Crippen LogP) is 7.37. The van der Waals surface area contributed by atoms with Gasteiger partial charge in [0.25, 0.3) is 0 Å². The third-order valence-electron chi connectivity index (χ3n) is 4.23. The molecule has 1 heterocycles. The molecule has 3 aromatic carbocycles. The van der Waals surface area contributed by atoms with E-state index in [9.17, 15) is 13.2 Å². The first kappa shape index (κ1) is 19.5. The second kappa shape index (κ2) is 7.54. The van der Waals surface area contributed by atoms with Gasteiger partial charge in [-0.25, -0.2) is 9.97 Å². The maximum absolute atomic E-state index is 13.0. The van der Waals surface area contributed by atoms with Crippen LogP contribution in [-0.4, -0.2) is 9.97 Å². The van der Waals surface area contributed by atoms with Crippen molar-refractivity contribution in [1.29, 1.82) is 0 Å². The quantitative estimate of drug-likeness (QED) is 0.366. The van der Waals surface area contributed by atoms with Crippen LogP contribution in [0.15, 0.2) is 66.7 Å². The normalized spacial score (nSPS) is 11.6. The van der Waals surface area contributed by atoms with E-state index in [1.165, 1.54) is 6.07 Å². The lowest BCUT2D eigenvalue weighted by Crippen LogP contribution is -2.06. The van der Waals surface area contributed by atoms with Crippen LogP contribution >= 0.6 is 23.2 Å². The smallest absolute Gasteiger partial charge is 0.340 e. The zero-order valence-electron chi connectivity index (χ0n) is 14.6. The second-order valence-corrected chi connectivity index (χ2v) is 7.08. The Morgan fingerprint density at radius 3 is 2.38 bits per heavy atom. The average Bonchev–Trinajstić information content (AvgIpc) is 2.67. The fourth-order valence-corrected chi connectivity index (χ4v) is 3.37. The molecule has 4 aromatic rings. The first-order valence-electron chi connectivity index (χ1n) is 8.48. The van der Waals surface area contributed by atoms with Crippen LogP contribution in [-0.2, 0) is 6.18 Å². The zero-order chi connectivity index (χ0) is 20.6. The summed E-state index contributed by atoms with van der Waals surface area (Å²) in [5.74, 6) is 0.704. The summed E-state index contributed by atoms with van der Waals surface area (Å²) in [7, 11) is 0. The number of hydrogen-bond acceptors (Lipinski definition) is 3. The van der Waals surface area contributed by atoms with Gasteiger partial charge in [-0.2, -0.15) is 13.2 Å². The van der Waals surface area contributed by atoms with E-state index < -0.39 is 11.7 Å². The van der Waals surface area contributed by atoms with E-state index in [1.54, 1.807) is 42.5 Å². The highest BCUT2D eigenvalue weighted by atomic mass is 35.5. The summed E-state index contributed by atoms with van der Waals surface area (Å²) in [6.07, 6.45) is -4.44. The van der Waals surface area contributed by atoms with Crippen molar-refractivity contribution in [2.24, 2.45) is 0 Å². The standard InChI is InChI=1S/C21H12Cl2F3N3/c22-13-8-9-15(17(23)11-13)19-28-18-7-2-1-6-16(18)20(29-19)27-14-5-3-4-12(10-14)21(24,25)26/h1-11H,(H,27,28,29). The van der Waals surface area contributed by atoms with Crippen molar-refractivity contribution in [3.8, 4) is 11.4 Å². The number of alkyl halides is 3. The summed E-state index contributed by atoms with van der Waals surface area (Å²) in [6.45, 7) is 0. The molecule has 0 bridgehead atoms. The van der Waals surface area contributed by atoms with Crippen LogP contribution in [0, 0.1) is 0 Å². The van der Waals surface area contributed by atoms with Crippen LogP contribution in [0.5, 0.6) is 0 Å². The molecule has 1 N–H and O–H groups in total. The van der Waals surface area contributed by atoms with Gasteiger partial charge in [0.1, 0.15) is 5.82 Å². The summed E-state index contributed by atoms with van der Waals surface area (Å²) in [6, 6.07) is 17.1. The minimum Gasteiger partial charge on any atom is -0.340 e. The zero-order valence-corrected chi connectivity index (χ0v) is 16.1. The summed E-state index contributed by atoms with van der Waals surface area (Å²) >= 11 is 12.2. The fourth-order valence-electron chi connectivity index (χ4n) is 2.87. The van der Waals surface area contributed by atoms with Gasteiger partial charge in [-0.05, 0) is 48.5 Å². The maximum atomic E-state index is 13.0. The monoisotopic (exact) mass is 433 g/mol. The van der Waals surface area contributed by atoms with Gasteiger partial charge in [-0.3, -0.25) is 0 Å². The van der Waals surface area contributed by atoms with Crippen LogP contribution < -0.4 is 5.32 Å². The minimum absolute atomic E-state index is 0.261. The van der Waals surface area contributed by atoms with Crippen molar-refractivity contribution >= 4 is 45.6 Å². The topological polar surface area (TPSA) is 37.8 Å². The lowest BCUT2D eigenvalue weighted by Gasteiger charge is -2.13. The Labute approximate surface area is 174 Å². The molecule has 4 rings (SSSR count). The number of rotatable bonds is 3. The average molecular weight is 434 g/mol. The van der Waals surface area contributed by atoms with Crippen molar-refractivity contribution in [3.05, 3.63) is 82.3 Å². The van der Waals surface area contributed by atoms with Gasteiger partial charge in [0.15, 0.2) is 5.82 Å². The summed E-state index contributed by atoms with van der Waals surface area (Å²) in [5.41, 5.74) is 0.700. The number of halogens is 5. The number of hydrogen-bond donors (Lipinski definition) is 1. The molecule has 0 amide bonds. The lowest BCUT2D eigenvalue weighted by molar-refractivity contribution is -0.137. The van der Waals surface area contributed by atoms with Crippen molar-refractivity contribution < 1.29 is 13.2 Å². The molecule has 8 heteroatoms. The first-order chi connectivity index (χ1) is 13.8. The van der Waals surface area contributed by atoms with Gasteiger partial charge in [0, 0.05) is 21.7 Å². The maximum Gasteiger partial charge on any atom is 0.416 e. The molecule has 0 saturated carbocycles. The molecule has 0 fully saturated rings. The summed E-state index contributed by atoms with van der Waals surface area (Å²) in [5, 5.41) is 4.49. The Morgan fingerprint density at radius 2 is 1.62 bits per heavy atom. The largest absolute Gasteiger partial charge is 0.416 e. The van der Waals surface area contributed by atoms with Crippen molar-refractivity contribution in [1.82, 2.24) is 9.97 Å². The Hall–Kier alpha value is -2.83. The molecule has 0 saturated heterocycles. The highest BCUT2D eigenvalue weighted by Crippen LogP contribution is 2.34. The van der Waals surface area contributed by atoms with E-state index in [4.69, 9.17) is 23.2 Å². The molecule has 0 atom stereocenters. The molecule has 1 aromatic heterocycles. The molecular weight excluding hydrogens is 422 g/mol. The van der Waals surface area contributed by atoms with Gasteiger partial charge in [-0.1, -0.05) is 41.4 Å². The fraction of sp³-hybridized carbons (Fsp3) is 0.0476. The first-order valence-corrected chi connectivity index (χ1v) is 9.23. The van der Waals surface area contributed by atoms with Gasteiger partial charge >= 0.3 is 6.18 Å². The van der Waals surface area contributed by atoms with Crippen molar-refractivity contribution in [2.75, 3.05) is 5.32 Å². The Bertz CT molecular complexity index is 1210. The van der Waals surface area contributed by atoms with Gasteiger partial charge < -0.3 is 5.32 Å². The lowest BCUT2D eigenvalue weighted by atomic mass is 10.1. The summed E-state index contributed by atoms with van der Waals surface area (Å²) in [4.78, 5) is 9.05. The van der Waals surface area contributed by atoms with Crippen molar-refractivity contribution in [3.63, 3.8) is 0 Å². The van der Waals surface area contributed by atoms with E-state index in [2.05, 4.69) is 15.3 Å². The molecule has 3 nitrogen and oxygen atoms in total. The number of nitrogens with one attached hydrogen (secondary N) is 1. The van der Waals surface area contributed by atoms with E-state index >= 15 is 0 Å². The number of benzene rings is 3. The van der Waals surface area contributed by atoms with E-state index in [-0.39, 0.29) is 5.69 Å². The number of nitrogens with zero attached hydrogens (tertiary/aromatic N) is 2. The molecule has 0 unspecified atom stereocenters. The molecular formula is C21H12Cl2F3N3. The van der Waals surface area contributed by atoms with Crippen LogP contribution in [0.2, 0.25) is 10.0 Å². The summed E-state index contributed by atoms with van der Waals surface area (Å²) < 4.78 is 39.1. The SMILES string of the molecule is FC(F)(F)c1cccc(Nc2nc(-c3ccc(Cl)cc3Cl)nc3ccccc23)c1. The van der Waals surface area contributed by atoms with Crippen LogP contribution in [0.1, 0.15) is 5.56 Å². The van der Waals surface area contributed by atoms with Gasteiger partial charge in [-0.15, -0.1) is 0 Å². The minimum atomic E-state index is -4.44. The van der Waals surface area contributed by atoms with Gasteiger partial charge in [0.2, 0.25) is 0 Å². The van der Waals surface area contributed by atoms with E-state index in [1.807, 2.05) is 6.07 Å². The van der Waals surface area contributed by atoms with Crippen LogP contribution in [0.4, 0.5) is 24.7 Å². The highest BCUT2D eigenvalue weighted by Gasteiger charge is 2.30. The third kappa shape index (κ3) is 4.13.